The zero-order valence-electron chi connectivity index (χ0n) is 14.6. The summed E-state index contributed by atoms with van der Waals surface area (Å²) in [5, 5.41) is 0. The Morgan fingerprint density at radius 2 is 1.04 bits per heavy atom. The Bertz CT molecular complexity index is 936. The van der Waals surface area contributed by atoms with Crippen LogP contribution in [0.4, 0.5) is 0 Å². The first-order chi connectivity index (χ1) is 12.8. The van der Waals surface area contributed by atoms with Crippen molar-refractivity contribution in [1.29, 1.82) is 0 Å². The molecule has 0 radical (unpaired) electrons. The van der Waals surface area contributed by atoms with Crippen LogP contribution in [0.3, 0.4) is 0 Å². The molecule has 26 heavy (non-hydrogen) atoms. The van der Waals surface area contributed by atoms with E-state index < -0.39 is 0 Å². The van der Waals surface area contributed by atoms with Gasteiger partial charge in [0, 0.05) is 0 Å². The molecule has 126 valence electrons. The topological polar surface area (TPSA) is 9.23 Å². The van der Waals surface area contributed by atoms with Gasteiger partial charge in [0.15, 0.2) is 0 Å². The van der Waals surface area contributed by atoms with Crippen molar-refractivity contribution in [3.63, 3.8) is 0 Å². The van der Waals surface area contributed by atoms with Crippen molar-refractivity contribution in [3.8, 4) is 36.9 Å². The summed E-state index contributed by atoms with van der Waals surface area (Å²) in [6, 6.07) is 34.4. The van der Waals surface area contributed by atoms with E-state index in [1.54, 1.807) is 7.11 Å². The average molecular weight is 402 g/mol. The fourth-order valence-electron chi connectivity index (χ4n) is 2.94. The van der Waals surface area contributed by atoms with Crippen LogP contribution in [0, 0.1) is 0 Å². The molecule has 0 aliphatic heterocycles. The number of methoxy groups -OCH3 is 1. The average Bonchev–Trinajstić information content (AvgIpc) is 2.75. The van der Waals surface area contributed by atoms with Crippen LogP contribution in [0.15, 0.2) is 97.1 Å². The van der Waals surface area contributed by atoms with Gasteiger partial charge in [-0.25, -0.2) is 0 Å². The standard InChI is InChI=1S/C24H19OSe/c1-25-22-14-12-20(13-15-22)24-17-21(18-8-4-2-5-9-18)16-23(26-24)19-10-6-3-7-11-19/h2-17H,1H3/q+1. The van der Waals surface area contributed by atoms with Crippen LogP contribution in [-0.2, 0) is 0 Å². The Morgan fingerprint density at radius 3 is 1.58 bits per heavy atom. The molecule has 0 aliphatic carbocycles. The van der Waals surface area contributed by atoms with E-state index in [1.165, 1.54) is 31.1 Å². The molecule has 2 heteroatoms. The van der Waals surface area contributed by atoms with Gasteiger partial charge in [-0.3, -0.25) is 0 Å². The molecule has 0 atom stereocenters. The van der Waals surface area contributed by atoms with E-state index in [9.17, 15) is 0 Å². The summed E-state index contributed by atoms with van der Waals surface area (Å²) < 4.78 is 8.10. The van der Waals surface area contributed by atoms with Gasteiger partial charge in [-0.15, -0.1) is 0 Å². The third kappa shape index (κ3) is 3.62. The first-order valence-electron chi connectivity index (χ1n) is 8.57. The predicted octanol–water partition coefficient (Wildman–Crippen LogP) is 6.03. The van der Waals surface area contributed by atoms with Gasteiger partial charge in [0.25, 0.3) is 0 Å². The van der Waals surface area contributed by atoms with E-state index in [1.807, 2.05) is 12.1 Å². The van der Waals surface area contributed by atoms with Gasteiger partial charge in [-0.05, 0) is 0 Å². The van der Waals surface area contributed by atoms with Crippen molar-refractivity contribution in [1.82, 2.24) is 0 Å². The van der Waals surface area contributed by atoms with Crippen LogP contribution >= 0.6 is 0 Å². The summed E-state index contributed by atoms with van der Waals surface area (Å²) in [6.45, 7) is 0. The molecule has 4 aromatic rings. The Labute approximate surface area is 160 Å². The van der Waals surface area contributed by atoms with E-state index in [2.05, 4.69) is 84.9 Å². The van der Waals surface area contributed by atoms with Gasteiger partial charge in [0.05, 0.1) is 0 Å². The van der Waals surface area contributed by atoms with Gasteiger partial charge in [0.2, 0.25) is 0 Å². The summed E-state index contributed by atoms with van der Waals surface area (Å²) in [6.07, 6.45) is 0. The van der Waals surface area contributed by atoms with Crippen LogP contribution in [0.1, 0.15) is 0 Å². The molecule has 3 aromatic carbocycles. The van der Waals surface area contributed by atoms with Gasteiger partial charge >= 0.3 is 160 Å². The molecule has 0 fully saturated rings. The van der Waals surface area contributed by atoms with Gasteiger partial charge in [0.1, 0.15) is 0 Å². The maximum absolute atomic E-state index is 5.31. The van der Waals surface area contributed by atoms with Crippen molar-refractivity contribution >= 4 is 14.5 Å². The molecule has 0 unspecified atom stereocenters. The van der Waals surface area contributed by atoms with Crippen LogP contribution in [0.2, 0.25) is 0 Å². The van der Waals surface area contributed by atoms with Gasteiger partial charge in [-0.2, -0.15) is 0 Å². The first-order valence-corrected chi connectivity index (χ1v) is 10.3. The molecular weight excluding hydrogens is 383 g/mol. The molecule has 0 amide bonds. The molecule has 0 N–H and O–H groups in total. The van der Waals surface area contributed by atoms with Crippen molar-refractivity contribution < 1.29 is 4.74 Å². The molecule has 0 saturated heterocycles. The summed E-state index contributed by atoms with van der Waals surface area (Å²) in [5.41, 5.74) is 5.09. The maximum atomic E-state index is 5.31. The number of benzene rings is 3. The predicted molar refractivity (Wildman–Crippen MR) is 111 cm³/mol. The Balaban J connectivity index is 1.87. The molecule has 1 heterocycles. The number of hydrogen-bond acceptors (Lipinski definition) is 1. The summed E-state index contributed by atoms with van der Waals surface area (Å²) in [7, 11) is 1.70. The first kappa shape index (κ1) is 16.8. The van der Waals surface area contributed by atoms with Crippen molar-refractivity contribution in [3.05, 3.63) is 97.1 Å². The normalized spacial score (nSPS) is 10.5. The van der Waals surface area contributed by atoms with E-state index in [0.717, 1.165) is 5.75 Å². The van der Waals surface area contributed by atoms with E-state index >= 15 is 0 Å². The molecule has 0 aliphatic rings. The second-order valence-electron chi connectivity index (χ2n) is 6.04. The number of ether oxygens (including phenoxy) is 1. The second-order valence-corrected chi connectivity index (χ2v) is 8.31. The van der Waals surface area contributed by atoms with E-state index in [4.69, 9.17) is 4.74 Å². The molecular formula is C24H19OSe+. The monoisotopic (exact) mass is 403 g/mol. The molecule has 1 nitrogen and oxygen atoms in total. The van der Waals surface area contributed by atoms with Crippen LogP contribution in [0.25, 0.3) is 31.1 Å². The van der Waals surface area contributed by atoms with E-state index in [0.29, 0.717) is 0 Å². The van der Waals surface area contributed by atoms with Crippen molar-refractivity contribution in [2.45, 2.75) is 0 Å². The third-order valence-electron chi connectivity index (χ3n) is 4.33. The minimum atomic E-state index is 0.258. The number of hydrogen-bond donors (Lipinski definition) is 0. The third-order valence-corrected chi connectivity index (χ3v) is 6.74. The molecule has 0 bridgehead atoms. The van der Waals surface area contributed by atoms with Crippen LogP contribution in [-0.4, -0.2) is 21.6 Å². The molecule has 0 spiro atoms. The summed E-state index contributed by atoms with van der Waals surface area (Å²) in [5.74, 6) is 0.892. The fourth-order valence-corrected chi connectivity index (χ4v) is 5.28. The molecule has 0 saturated carbocycles. The SMILES string of the molecule is COc1ccc(-c2cc(-c3ccccc3)cc(-c3ccccc3)[se+]2)cc1. The van der Waals surface area contributed by atoms with Crippen LogP contribution in [0.5, 0.6) is 5.75 Å². The fraction of sp³-hybridized carbons (Fsp3) is 0.0417. The molecule has 1 aromatic heterocycles. The van der Waals surface area contributed by atoms with Gasteiger partial charge < -0.3 is 0 Å². The number of rotatable bonds is 4. The van der Waals surface area contributed by atoms with Crippen molar-refractivity contribution in [2.24, 2.45) is 0 Å². The zero-order chi connectivity index (χ0) is 17.8. The Morgan fingerprint density at radius 1 is 0.538 bits per heavy atom. The quantitative estimate of drug-likeness (QED) is 0.379. The zero-order valence-corrected chi connectivity index (χ0v) is 16.3. The second kappa shape index (κ2) is 7.70. The Kier molecular flexibility index (Phi) is 4.97. The molecule has 4 rings (SSSR count). The minimum absolute atomic E-state index is 0.258. The van der Waals surface area contributed by atoms with E-state index in [-0.39, 0.29) is 14.5 Å². The Hall–Kier alpha value is -2.67. The van der Waals surface area contributed by atoms with Crippen molar-refractivity contribution in [2.75, 3.05) is 7.11 Å². The summed E-state index contributed by atoms with van der Waals surface area (Å²) >= 11 is 0.258. The summed E-state index contributed by atoms with van der Waals surface area (Å²) in [4.78, 5) is 0. The van der Waals surface area contributed by atoms with Gasteiger partial charge in [-0.1, -0.05) is 0 Å². The van der Waals surface area contributed by atoms with Crippen LogP contribution < -0.4 is 4.74 Å².